The number of anilines is 1. The molecular weight excluding hydrogens is 466 g/mol. The first-order chi connectivity index (χ1) is 14.8. The molecule has 2 aromatic rings. The van der Waals surface area contributed by atoms with Crippen LogP contribution in [0.4, 0.5) is 5.69 Å². The summed E-state index contributed by atoms with van der Waals surface area (Å²) >= 11 is 3.38. The molecule has 1 aliphatic heterocycles. The van der Waals surface area contributed by atoms with Crippen molar-refractivity contribution in [2.45, 2.75) is 33.3 Å². The predicted octanol–water partition coefficient (Wildman–Crippen LogP) is 4.19. The van der Waals surface area contributed by atoms with E-state index >= 15 is 0 Å². The van der Waals surface area contributed by atoms with E-state index < -0.39 is 12.1 Å². The van der Waals surface area contributed by atoms with Crippen molar-refractivity contribution < 1.29 is 28.6 Å². The first-order valence-corrected chi connectivity index (χ1v) is 10.7. The van der Waals surface area contributed by atoms with Crippen molar-refractivity contribution in [1.82, 2.24) is 0 Å². The Labute approximate surface area is 189 Å². The molecule has 0 saturated carbocycles. The number of Topliss-reactive ketones (excluding diaryl/α,β-unsaturated/α-hetero) is 1. The molecule has 0 N–H and O–H groups in total. The zero-order chi connectivity index (χ0) is 22.7. The topological polar surface area (TPSA) is 82.1 Å². The Morgan fingerprint density at radius 3 is 2.55 bits per heavy atom. The molecule has 0 aliphatic carbocycles. The van der Waals surface area contributed by atoms with Crippen molar-refractivity contribution in [1.29, 1.82) is 0 Å². The van der Waals surface area contributed by atoms with E-state index in [1.807, 2.05) is 6.92 Å². The van der Waals surface area contributed by atoms with Crippen molar-refractivity contribution >= 4 is 39.3 Å². The van der Waals surface area contributed by atoms with Gasteiger partial charge in [0.15, 0.2) is 17.6 Å². The quantitative estimate of drug-likeness (QED) is 0.428. The SMILES string of the molecule is CCOc1c(Br)cc(C(=O)OC(C)C(=O)c2ccc3c(c2)CCN3C(C)=O)cc1OC. The Morgan fingerprint density at radius 2 is 1.90 bits per heavy atom. The van der Waals surface area contributed by atoms with Gasteiger partial charge >= 0.3 is 5.97 Å². The first-order valence-electron chi connectivity index (χ1n) is 9.93. The van der Waals surface area contributed by atoms with Gasteiger partial charge in [0.2, 0.25) is 11.7 Å². The lowest BCUT2D eigenvalue weighted by Gasteiger charge is -2.16. The Balaban J connectivity index is 1.75. The van der Waals surface area contributed by atoms with Gasteiger partial charge in [0.1, 0.15) is 0 Å². The normalized spacial score (nSPS) is 13.4. The van der Waals surface area contributed by atoms with Gasteiger partial charge in [-0.25, -0.2) is 4.79 Å². The molecule has 0 bridgehead atoms. The van der Waals surface area contributed by atoms with E-state index in [1.54, 1.807) is 29.2 Å². The van der Waals surface area contributed by atoms with Crippen LogP contribution in [0.2, 0.25) is 0 Å². The summed E-state index contributed by atoms with van der Waals surface area (Å²) in [6.45, 7) is 5.94. The molecule has 0 spiro atoms. The van der Waals surface area contributed by atoms with E-state index in [-0.39, 0.29) is 17.3 Å². The molecule has 1 heterocycles. The number of hydrogen-bond donors (Lipinski definition) is 0. The van der Waals surface area contributed by atoms with Crippen LogP contribution in [-0.4, -0.2) is 44.0 Å². The molecule has 164 valence electrons. The smallest absolute Gasteiger partial charge is 0.339 e. The molecule has 2 aromatic carbocycles. The molecule has 1 atom stereocenters. The maximum atomic E-state index is 12.8. The van der Waals surface area contributed by atoms with E-state index in [4.69, 9.17) is 14.2 Å². The number of hydrogen-bond acceptors (Lipinski definition) is 6. The van der Waals surface area contributed by atoms with Crippen molar-refractivity contribution in [2.75, 3.05) is 25.2 Å². The van der Waals surface area contributed by atoms with Crippen molar-refractivity contribution in [3.8, 4) is 11.5 Å². The van der Waals surface area contributed by atoms with E-state index in [0.717, 1.165) is 11.3 Å². The second kappa shape index (κ2) is 9.51. The van der Waals surface area contributed by atoms with Crippen LogP contribution >= 0.6 is 15.9 Å². The van der Waals surface area contributed by atoms with Crippen LogP contribution in [-0.2, 0) is 16.0 Å². The van der Waals surface area contributed by atoms with Crippen LogP contribution in [0.3, 0.4) is 0 Å². The minimum absolute atomic E-state index is 0.0305. The standard InChI is InChI=1S/C23H24BrNO6/c1-5-30-22-18(24)11-17(12-20(22)29-4)23(28)31-13(2)21(27)16-6-7-19-15(10-16)8-9-25(19)14(3)26/h6-7,10-13H,5,8-9H2,1-4H3. The average molecular weight is 490 g/mol. The van der Waals surface area contributed by atoms with Crippen LogP contribution in [0, 0.1) is 0 Å². The highest BCUT2D eigenvalue weighted by Crippen LogP contribution is 2.37. The summed E-state index contributed by atoms with van der Waals surface area (Å²) in [4.78, 5) is 38.9. The van der Waals surface area contributed by atoms with E-state index in [0.29, 0.717) is 41.1 Å². The number of rotatable bonds is 7. The molecule has 0 aromatic heterocycles. The van der Waals surface area contributed by atoms with Gasteiger partial charge in [0, 0.05) is 24.7 Å². The number of halogens is 1. The number of carbonyl (C=O) groups is 3. The number of esters is 1. The summed E-state index contributed by atoms with van der Waals surface area (Å²) in [5, 5.41) is 0. The third-order valence-corrected chi connectivity index (χ3v) is 5.64. The van der Waals surface area contributed by atoms with Gasteiger partial charge in [-0.05, 0) is 72.1 Å². The first kappa shape index (κ1) is 22.8. The number of ether oxygens (including phenoxy) is 3. The van der Waals surface area contributed by atoms with Crippen LogP contribution < -0.4 is 14.4 Å². The lowest BCUT2D eigenvalue weighted by atomic mass is 10.0. The fraction of sp³-hybridized carbons (Fsp3) is 0.348. The molecule has 1 unspecified atom stereocenters. The maximum Gasteiger partial charge on any atom is 0.339 e. The van der Waals surface area contributed by atoms with Gasteiger partial charge in [-0.1, -0.05) is 0 Å². The molecule has 3 rings (SSSR count). The molecule has 1 amide bonds. The molecule has 0 saturated heterocycles. The third kappa shape index (κ3) is 4.74. The molecule has 7 nitrogen and oxygen atoms in total. The Kier molecular flexibility index (Phi) is 7.00. The molecule has 31 heavy (non-hydrogen) atoms. The van der Waals surface area contributed by atoms with Crippen molar-refractivity contribution in [3.05, 3.63) is 51.5 Å². The second-order valence-corrected chi connectivity index (χ2v) is 7.95. The Bertz CT molecular complexity index is 1030. The minimum atomic E-state index is -0.979. The van der Waals surface area contributed by atoms with Crippen LogP contribution in [0.5, 0.6) is 11.5 Å². The van der Waals surface area contributed by atoms with E-state index in [1.165, 1.54) is 27.0 Å². The van der Waals surface area contributed by atoms with Crippen LogP contribution in [0.25, 0.3) is 0 Å². The van der Waals surface area contributed by atoms with E-state index in [9.17, 15) is 14.4 Å². The van der Waals surface area contributed by atoms with Gasteiger partial charge in [-0.2, -0.15) is 0 Å². The number of benzene rings is 2. The summed E-state index contributed by atoms with van der Waals surface area (Å²) in [5.74, 6) is -0.113. The number of fused-ring (bicyclic) bond motifs is 1. The van der Waals surface area contributed by atoms with Crippen molar-refractivity contribution in [2.24, 2.45) is 0 Å². The monoisotopic (exact) mass is 489 g/mol. The molecule has 0 radical (unpaired) electrons. The van der Waals surface area contributed by atoms with Crippen LogP contribution in [0.15, 0.2) is 34.8 Å². The lowest BCUT2D eigenvalue weighted by molar-refractivity contribution is -0.116. The number of ketones is 1. The highest BCUT2D eigenvalue weighted by atomic mass is 79.9. The molecule has 8 heteroatoms. The molecule has 0 fully saturated rings. The van der Waals surface area contributed by atoms with Gasteiger partial charge in [0.05, 0.1) is 23.8 Å². The third-order valence-electron chi connectivity index (χ3n) is 5.05. The predicted molar refractivity (Wildman–Crippen MR) is 119 cm³/mol. The molecule has 1 aliphatic rings. The average Bonchev–Trinajstić information content (AvgIpc) is 3.17. The number of carbonyl (C=O) groups excluding carboxylic acids is 3. The van der Waals surface area contributed by atoms with E-state index in [2.05, 4.69) is 15.9 Å². The number of amides is 1. The van der Waals surface area contributed by atoms with Gasteiger partial charge < -0.3 is 19.1 Å². The zero-order valence-corrected chi connectivity index (χ0v) is 19.4. The summed E-state index contributed by atoms with van der Waals surface area (Å²) in [7, 11) is 1.48. The maximum absolute atomic E-state index is 12.8. The van der Waals surface area contributed by atoms with Crippen LogP contribution in [0.1, 0.15) is 47.1 Å². The van der Waals surface area contributed by atoms with Crippen molar-refractivity contribution in [3.63, 3.8) is 0 Å². The molecular formula is C23H24BrNO6. The summed E-state index contributed by atoms with van der Waals surface area (Å²) in [5.41, 5.74) is 2.42. The summed E-state index contributed by atoms with van der Waals surface area (Å²) in [6, 6.07) is 8.27. The number of methoxy groups -OCH3 is 1. The Hall–Kier alpha value is -2.87. The minimum Gasteiger partial charge on any atom is -0.493 e. The summed E-state index contributed by atoms with van der Waals surface area (Å²) in [6.07, 6.45) is -0.295. The second-order valence-electron chi connectivity index (χ2n) is 7.10. The fourth-order valence-corrected chi connectivity index (χ4v) is 4.08. The zero-order valence-electron chi connectivity index (χ0n) is 17.9. The summed E-state index contributed by atoms with van der Waals surface area (Å²) < 4.78 is 16.8. The largest absolute Gasteiger partial charge is 0.493 e. The van der Waals surface area contributed by atoms with Gasteiger partial charge in [-0.3, -0.25) is 9.59 Å². The van der Waals surface area contributed by atoms with Gasteiger partial charge in [-0.15, -0.1) is 0 Å². The highest BCUT2D eigenvalue weighted by molar-refractivity contribution is 9.10. The highest BCUT2D eigenvalue weighted by Gasteiger charge is 2.26. The lowest BCUT2D eigenvalue weighted by Crippen LogP contribution is -2.26. The fourth-order valence-electron chi connectivity index (χ4n) is 3.52. The van der Waals surface area contributed by atoms with Gasteiger partial charge in [0.25, 0.3) is 0 Å². The number of nitrogens with zero attached hydrogens (tertiary/aromatic N) is 1. The Morgan fingerprint density at radius 1 is 1.16 bits per heavy atom.